The van der Waals surface area contributed by atoms with Gasteiger partial charge in [-0.1, -0.05) is 18.2 Å². The van der Waals surface area contributed by atoms with Crippen molar-refractivity contribution in [3.8, 4) is 5.75 Å². The van der Waals surface area contributed by atoms with Crippen molar-refractivity contribution < 1.29 is 27.1 Å². The lowest BCUT2D eigenvalue weighted by molar-refractivity contribution is -0.132. The van der Waals surface area contributed by atoms with Crippen molar-refractivity contribution in [1.82, 2.24) is 15.2 Å². The molecule has 0 saturated carbocycles. The van der Waals surface area contributed by atoms with E-state index in [4.69, 9.17) is 4.74 Å². The van der Waals surface area contributed by atoms with Crippen LogP contribution in [0, 0.1) is 19.7 Å². The lowest BCUT2D eigenvalue weighted by Crippen LogP contribution is -2.50. The molecule has 1 atom stereocenters. The van der Waals surface area contributed by atoms with E-state index < -0.39 is 40.3 Å². The Kier molecular flexibility index (Phi) is 7.52. The number of para-hydroxylation sites is 1. The van der Waals surface area contributed by atoms with Crippen molar-refractivity contribution in [2.75, 3.05) is 13.6 Å². The van der Waals surface area contributed by atoms with Gasteiger partial charge in [-0.3, -0.25) is 20.4 Å². The molecule has 162 valence electrons. The molecule has 2 amide bonds. The molecule has 2 aromatic rings. The average molecular weight is 437 g/mol. The summed E-state index contributed by atoms with van der Waals surface area (Å²) in [6.45, 7) is 4.52. The van der Waals surface area contributed by atoms with Crippen molar-refractivity contribution in [2.24, 2.45) is 0 Å². The molecule has 0 radical (unpaired) electrons. The molecule has 0 aliphatic heterocycles. The van der Waals surface area contributed by atoms with Crippen LogP contribution in [0.2, 0.25) is 0 Å². The van der Waals surface area contributed by atoms with Crippen molar-refractivity contribution in [2.45, 2.75) is 31.8 Å². The number of sulfonamides is 1. The van der Waals surface area contributed by atoms with Crippen molar-refractivity contribution >= 4 is 21.8 Å². The van der Waals surface area contributed by atoms with Gasteiger partial charge in [0.15, 0.2) is 17.7 Å². The van der Waals surface area contributed by atoms with E-state index in [9.17, 15) is 22.4 Å². The highest BCUT2D eigenvalue weighted by atomic mass is 32.2. The smallest absolute Gasteiger partial charge is 0.279 e. The molecular weight excluding hydrogens is 413 g/mol. The average Bonchev–Trinajstić information content (AvgIpc) is 2.69. The first-order chi connectivity index (χ1) is 14.0. The summed E-state index contributed by atoms with van der Waals surface area (Å²) in [6.07, 6.45) is -1.10. The summed E-state index contributed by atoms with van der Waals surface area (Å²) in [5.74, 6) is -2.22. The van der Waals surface area contributed by atoms with Crippen LogP contribution in [0.5, 0.6) is 5.75 Å². The first-order valence-corrected chi connectivity index (χ1v) is 10.5. The number of ether oxygens (including phenoxy) is 1. The van der Waals surface area contributed by atoms with Gasteiger partial charge in [0.05, 0.1) is 11.4 Å². The van der Waals surface area contributed by atoms with Gasteiger partial charge in [0.2, 0.25) is 10.0 Å². The van der Waals surface area contributed by atoms with Crippen LogP contribution >= 0.6 is 0 Å². The molecular formula is C20H24FN3O5S. The normalized spacial score (nSPS) is 12.3. The Morgan fingerprint density at radius 1 is 1.10 bits per heavy atom. The predicted octanol–water partition coefficient (Wildman–Crippen LogP) is 1.68. The van der Waals surface area contributed by atoms with Gasteiger partial charge in [0.25, 0.3) is 11.8 Å². The first kappa shape index (κ1) is 23.3. The Labute approximate surface area is 175 Å². The van der Waals surface area contributed by atoms with E-state index in [2.05, 4.69) is 10.9 Å². The number of nitrogens with one attached hydrogen (secondary N) is 2. The van der Waals surface area contributed by atoms with Crippen LogP contribution < -0.4 is 15.6 Å². The van der Waals surface area contributed by atoms with Gasteiger partial charge in [0.1, 0.15) is 0 Å². The Morgan fingerprint density at radius 2 is 1.77 bits per heavy atom. The van der Waals surface area contributed by atoms with Crippen molar-refractivity contribution in [1.29, 1.82) is 0 Å². The first-order valence-electron chi connectivity index (χ1n) is 9.06. The van der Waals surface area contributed by atoms with E-state index in [-0.39, 0.29) is 10.6 Å². The van der Waals surface area contributed by atoms with Gasteiger partial charge >= 0.3 is 0 Å². The molecule has 0 saturated heterocycles. The molecule has 0 aliphatic carbocycles. The summed E-state index contributed by atoms with van der Waals surface area (Å²) in [5.41, 5.74) is 6.01. The number of likely N-dealkylation sites (N-methyl/N-ethyl adjacent to an activating group) is 1. The maximum absolute atomic E-state index is 13.6. The number of carbonyl (C=O) groups excluding carboxylic acids is 2. The van der Waals surface area contributed by atoms with Gasteiger partial charge in [-0.15, -0.1) is 0 Å². The molecule has 0 aromatic heterocycles. The molecule has 0 aliphatic rings. The molecule has 2 rings (SSSR count). The van der Waals surface area contributed by atoms with Gasteiger partial charge in [-0.2, -0.15) is 4.31 Å². The minimum absolute atomic E-state index is 0.0665. The fraction of sp³-hybridized carbons (Fsp3) is 0.300. The quantitative estimate of drug-likeness (QED) is 0.642. The van der Waals surface area contributed by atoms with Crippen LogP contribution in [0.1, 0.15) is 18.1 Å². The highest BCUT2D eigenvalue weighted by molar-refractivity contribution is 7.89. The van der Waals surface area contributed by atoms with Crippen LogP contribution in [-0.2, 0) is 19.6 Å². The van der Waals surface area contributed by atoms with Crippen LogP contribution in [0.15, 0.2) is 47.4 Å². The molecule has 1 unspecified atom stereocenters. The highest BCUT2D eigenvalue weighted by Crippen LogP contribution is 2.18. The largest absolute Gasteiger partial charge is 0.478 e. The molecule has 0 heterocycles. The van der Waals surface area contributed by atoms with Gasteiger partial charge < -0.3 is 4.74 Å². The Bertz CT molecular complexity index is 1040. The van der Waals surface area contributed by atoms with Crippen LogP contribution in [-0.4, -0.2) is 44.2 Å². The van der Waals surface area contributed by atoms with Gasteiger partial charge in [-0.25, -0.2) is 12.8 Å². The van der Waals surface area contributed by atoms with Gasteiger partial charge in [-0.05, 0) is 56.2 Å². The van der Waals surface area contributed by atoms with Crippen molar-refractivity contribution in [3.05, 3.63) is 59.4 Å². The summed E-state index contributed by atoms with van der Waals surface area (Å²) in [7, 11) is -2.62. The third-order valence-corrected chi connectivity index (χ3v) is 6.19. The zero-order valence-electron chi connectivity index (χ0n) is 17.1. The Balaban J connectivity index is 1.90. The summed E-state index contributed by atoms with van der Waals surface area (Å²) in [6, 6.07) is 10.3. The minimum atomic E-state index is -3.88. The molecule has 2 aromatic carbocycles. The summed E-state index contributed by atoms with van der Waals surface area (Å²) < 4.78 is 44.9. The second kappa shape index (κ2) is 9.68. The maximum Gasteiger partial charge on any atom is 0.279 e. The number of hydrogen-bond acceptors (Lipinski definition) is 5. The van der Waals surface area contributed by atoms with E-state index in [1.807, 2.05) is 6.92 Å². The molecule has 10 heteroatoms. The Morgan fingerprint density at radius 3 is 2.40 bits per heavy atom. The zero-order chi connectivity index (χ0) is 22.5. The number of benzene rings is 2. The number of nitrogens with zero attached hydrogens (tertiary/aromatic N) is 1. The number of hydrazine groups is 1. The lowest BCUT2D eigenvalue weighted by atomic mass is 10.1. The summed E-state index contributed by atoms with van der Waals surface area (Å²) in [5, 5.41) is 0. The van der Waals surface area contributed by atoms with Gasteiger partial charge in [0, 0.05) is 7.05 Å². The fourth-order valence-corrected chi connectivity index (χ4v) is 3.61. The topological polar surface area (TPSA) is 105 Å². The van der Waals surface area contributed by atoms with Crippen LogP contribution in [0.25, 0.3) is 0 Å². The summed E-state index contributed by atoms with van der Waals surface area (Å²) in [4.78, 5) is 24.2. The molecule has 30 heavy (non-hydrogen) atoms. The fourth-order valence-electron chi connectivity index (χ4n) is 2.40. The second-order valence-corrected chi connectivity index (χ2v) is 8.78. The third-order valence-electron chi connectivity index (χ3n) is 4.39. The SMILES string of the molecule is Cc1ccc(S(=O)(=O)N(C)CC(=O)NNC(=O)C(C)Oc2ccccc2F)cc1C. The molecule has 8 nitrogen and oxygen atoms in total. The molecule has 0 bridgehead atoms. The minimum Gasteiger partial charge on any atom is -0.478 e. The Hall–Kier alpha value is -2.98. The zero-order valence-corrected chi connectivity index (χ0v) is 17.9. The second-order valence-electron chi connectivity index (χ2n) is 6.74. The van der Waals surface area contributed by atoms with Crippen LogP contribution in [0.3, 0.4) is 0 Å². The maximum atomic E-state index is 13.6. The number of rotatable bonds is 7. The van der Waals surface area contributed by atoms with E-state index in [0.29, 0.717) is 0 Å². The van der Waals surface area contributed by atoms with Crippen molar-refractivity contribution in [3.63, 3.8) is 0 Å². The predicted molar refractivity (Wildman–Crippen MR) is 109 cm³/mol. The number of aryl methyl sites for hydroxylation is 2. The number of halogens is 1. The van der Waals surface area contributed by atoms with E-state index >= 15 is 0 Å². The lowest BCUT2D eigenvalue weighted by Gasteiger charge is -2.19. The van der Waals surface area contributed by atoms with E-state index in [1.165, 1.54) is 44.3 Å². The highest BCUT2D eigenvalue weighted by Gasteiger charge is 2.24. The summed E-state index contributed by atoms with van der Waals surface area (Å²) >= 11 is 0. The molecule has 0 spiro atoms. The third kappa shape index (κ3) is 5.77. The standard InChI is InChI=1S/C20H24FN3O5S/c1-13-9-10-16(11-14(13)2)30(27,28)24(4)12-19(25)22-23-20(26)15(3)29-18-8-6-5-7-17(18)21/h5-11,15H,12H2,1-4H3,(H,22,25)(H,23,26). The molecule has 2 N–H and O–H groups in total. The van der Waals surface area contributed by atoms with E-state index in [1.54, 1.807) is 19.1 Å². The van der Waals surface area contributed by atoms with Crippen LogP contribution in [0.4, 0.5) is 4.39 Å². The number of carbonyl (C=O) groups is 2. The monoisotopic (exact) mass is 437 g/mol. The van der Waals surface area contributed by atoms with E-state index in [0.717, 1.165) is 15.4 Å². The number of amides is 2. The number of hydrogen-bond donors (Lipinski definition) is 2. The molecule has 0 fully saturated rings.